The number of ether oxygens (including phenoxy) is 2. The molecular weight excluding hydrogens is 296 g/mol. The summed E-state index contributed by atoms with van der Waals surface area (Å²) < 4.78 is 12.6. The van der Waals surface area contributed by atoms with E-state index in [0.717, 1.165) is 11.5 Å². The van der Waals surface area contributed by atoms with E-state index in [4.69, 9.17) is 9.47 Å². The first-order valence-electron chi connectivity index (χ1n) is 8.97. The third kappa shape index (κ3) is 6.03. The molecule has 138 valence electrons. The standard InChI is InChI=1S/C22H38O2/c1-19(2,3)15-13-16(20(4,5)6)18(24-22(10,11)12)14-17(15)23-21(7,8)9/h13-14H,1-12H3. The molecule has 0 aliphatic rings. The lowest BCUT2D eigenvalue weighted by Gasteiger charge is -2.33. The second-order valence-electron chi connectivity index (χ2n) is 10.8. The fourth-order valence-corrected chi connectivity index (χ4v) is 2.56. The Kier molecular flexibility index (Phi) is 5.46. The van der Waals surface area contributed by atoms with Crippen LogP contribution >= 0.6 is 0 Å². The molecule has 0 bridgehead atoms. The zero-order valence-corrected chi connectivity index (χ0v) is 18.0. The second-order valence-corrected chi connectivity index (χ2v) is 10.8. The van der Waals surface area contributed by atoms with Crippen molar-refractivity contribution >= 4 is 0 Å². The SMILES string of the molecule is CC(C)(C)Oc1cc(OC(C)(C)C)c(C(C)(C)C)cc1C(C)(C)C. The van der Waals surface area contributed by atoms with Gasteiger partial charge in [0.1, 0.15) is 22.7 Å². The van der Waals surface area contributed by atoms with Crippen LogP contribution in [0.4, 0.5) is 0 Å². The molecule has 0 amide bonds. The molecule has 0 N–H and O–H groups in total. The van der Waals surface area contributed by atoms with Crippen LogP contribution in [0.15, 0.2) is 12.1 Å². The van der Waals surface area contributed by atoms with Gasteiger partial charge < -0.3 is 9.47 Å². The van der Waals surface area contributed by atoms with Gasteiger partial charge in [0.25, 0.3) is 0 Å². The zero-order valence-electron chi connectivity index (χ0n) is 18.0. The summed E-state index contributed by atoms with van der Waals surface area (Å²) in [7, 11) is 0. The summed E-state index contributed by atoms with van der Waals surface area (Å²) in [5.74, 6) is 1.84. The zero-order chi connectivity index (χ0) is 19.1. The summed E-state index contributed by atoms with van der Waals surface area (Å²) in [6.45, 7) is 25.9. The lowest BCUT2D eigenvalue weighted by atomic mass is 9.79. The van der Waals surface area contributed by atoms with Crippen molar-refractivity contribution in [1.82, 2.24) is 0 Å². The normalized spacial score (nSPS) is 13.8. The van der Waals surface area contributed by atoms with Crippen LogP contribution in [0.25, 0.3) is 0 Å². The molecule has 0 fully saturated rings. The van der Waals surface area contributed by atoms with Crippen molar-refractivity contribution < 1.29 is 9.47 Å². The summed E-state index contributed by atoms with van der Waals surface area (Å²) in [4.78, 5) is 0. The summed E-state index contributed by atoms with van der Waals surface area (Å²) in [6.07, 6.45) is 0. The Bertz CT molecular complexity index is 521. The first-order chi connectivity index (χ1) is 10.4. The van der Waals surface area contributed by atoms with E-state index >= 15 is 0 Å². The Labute approximate surface area is 149 Å². The first-order valence-corrected chi connectivity index (χ1v) is 8.97. The molecule has 1 aromatic carbocycles. The molecule has 0 saturated heterocycles. The monoisotopic (exact) mass is 334 g/mol. The molecule has 0 heterocycles. The fourth-order valence-electron chi connectivity index (χ4n) is 2.56. The molecule has 0 aliphatic carbocycles. The van der Waals surface area contributed by atoms with Gasteiger partial charge >= 0.3 is 0 Å². The Morgan fingerprint density at radius 2 is 0.792 bits per heavy atom. The van der Waals surface area contributed by atoms with Crippen LogP contribution < -0.4 is 9.47 Å². The quantitative estimate of drug-likeness (QED) is 0.604. The van der Waals surface area contributed by atoms with Crippen molar-refractivity contribution in [1.29, 1.82) is 0 Å². The maximum atomic E-state index is 6.30. The summed E-state index contributed by atoms with van der Waals surface area (Å²) in [5.41, 5.74) is 1.96. The van der Waals surface area contributed by atoms with Crippen molar-refractivity contribution in [3.05, 3.63) is 23.3 Å². The number of rotatable bonds is 2. The molecule has 2 heteroatoms. The molecule has 1 rings (SSSR count). The lowest BCUT2D eigenvalue weighted by Crippen LogP contribution is -2.28. The molecule has 0 saturated carbocycles. The van der Waals surface area contributed by atoms with Crippen molar-refractivity contribution in [2.24, 2.45) is 0 Å². The maximum Gasteiger partial charge on any atom is 0.127 e. The highest BCUT2D eigenvalue weighted by molar-refractivity contribution is 5.52. The van der Waals surface area contributed by atoms with Gasteiger partial charge in [-0.05, 0) is 58.4 Å². The Balaban J connectivity index is 3.66. The van der Waals surface area contributed by atoms with Crippen LogP contribution in [0.2, 0.25) is 0 Å². The van der Waals surface area contributed by atoms with E-state index < -0.39 is 0 Å². The van der Waals surface area contributed by atoms with Crippen LogP contribution in [-0.2, 0) is 10.8 Å². The van der Waals surface area contributed by atoms with Gasteiger partial charge in [0.15, 0.2) is 0 Å². The average molecular weight is 335 g/mol. The largest absolute Gasteiger partial charge is 0.488 e. The summed E-state index contributed by atoms with van der Waals surface area (Å²) in [6, 6.07) is 4.37. The molecule has 0 aromatic heterocycles. The van der Waals surface area contributed by atoms with E-state index in [0.29, 0.717) is 0 Å². The van der Waals surface area contributed by atoms with E-state index in [2.05, 4.69) is 95.2 Å². The lowest BCUT2D eigenvalue weighted by molar-refractivity contribution is 0.117. The minimum Gasteiger partial charge on any atom is -0.488 e. The highest BCUT2D eigenvalue weighted by Crippen LogP contribution is 2.43. The Hall–Kier alpha value is -1.18. The maximum absolute atomic E-state index is 6.30. The van der Waals surface area contributed by atoms with Crippen molar-refractivity contribution in [2.75, 3.05) is 0 Å². The number of benzene rings is 1. The first kappa shape index (κ1) is 20.9. The van der Waals surface area contributed by atoms with E-state index in [1.165, 1.54) is 11.1 Å². The summed E-state index contributed by atoms with van der Waals surface area (Å²) >= 11 is 0. The van der Waals surface area contributed by atoms with Gasteiger partial charge in [-0.25, -0.2) is 0 Å². The highest BCUT2D eigenvalue weighted by Gasteiger charge is 2.29. The van der Waals surface area contributed by atoms with Gasteiger partial charge in [-0.2, -0.15) is 0 Å². The molecule has 0 radical (unpaired) electrons. The van der Waals surface area contributed by atoms with Gasteiger partial charge in [0.2, 0.25) is 0 Å². The smallest absolute Gasteiger partial charge is 0.127 e. The van der Waals surface area contributed by atoms with Gasteiger partial charge in [0.05, 0.1) is 0 Å². The molecule has 0 atom stereocenters. The highest BCUT2D eigenvalue weighted by atomic mass is 16.5. The van der Waals surface area contributed by atoms with Crippen LogP contribution in [-0.4, -0.2) is 11.2 Å². The van der Waals surface area contributed by atoms with Crippen LogP contribution in [0.1, 0.15) is 94.2 Å². The molecule has 0 spiro atoms. The van der Waals surface area contributed by atoms with Crippen LogP contribution in [0.5, 0.6) is 11.5 Å². The van der Waals surface area contributed by atoms with Gasteiger partial charge in [0, 0.05) is 17.2 Å². The van der Waals surface area contributed by atoms with Crippen LogP contribution in [0.3, 0.4) is 0 Å². The van der Waals surface area contributed by atoms with E-state index in [-0.39, 0.29) is 22.0 Å². The van der Waals surface area contributed by atoms with Crippen molar-refractivity contribution in [3.63, 3.8) is 0 Å². The van der Waals surface area contributed by atoms with Gasteiger partial charge in [-0.3, -0.25) is 0 Å². The molecule has 2 nitrogen and oxygen atoms in total. The van der Waals surface area contributed by atoms with Crippen molar-refractivity contribution in [3.8, 4) is 11.5 Å². The second kappa shape index (κ2) is 6.28. The topological polar surface area (TPSA) is 18.5 Å². The molecule has 0 aliphatic heterocycles. The molecule has 24 heavy (non-hydrogen) atoms. The Morgan fingerprint density at radius 3 is 1.00 bits per heavy atom. The minimum absolute atomic E-state index is 0.000839. The van der Waals surface area contributed by atoms with Gasteiger partial charge in [-0.15, -0.1) is 0 Å². The van der Waals surface area contributed by atoms with E-state index in [1.54, 1.807) is 0 Å². The average Bonchev–Trinajstić information content (AvgIpc) is 2.20. The molecule has 1 aromatic rings. The van der Waals surface area contributed by atoms with Crippen molar-refractivity contribution in [2.45, 2.75) is 105 Å². The third-order valence-corrected chi connectivity index (χ3v) is 3.53. The van der Waals surface area contributed by atoms with Gasteiger partial charge in [-0.1, -0.05) is 41.5 Å². The van der Waals surface area contributed by atoms with E-state index in [1.807, 2.05) is 0 Å². The van der Waals surface area contributed by atoms with Crippen LogP contribution in [0, 0.1) is 0 Å². The Morgan fingerprint density at radius 1 is 0.500 bits per heavy atom. The fraction of sp³-hybridized carbons (Fsp3) is 0.727. The summed E-state index contributed by atoms with van der Waals surface area (Å²) in [5, 5.41) is 0. The predicted octanol–water partition coefficient (Wildman–Crippen LogP) is 6.64. The number of hydrogen-bond donors (Lipinski definition) is 0. The number of hydrogen-bond acceptors (Lipinski definition) is 2. The third-order valence-electron chi connectivity index (χ3n) is 3.53. The molecular formula is C22H38O2. The molecule has 0 unspecified atom stereocenters. The minimum atomic E-state index is -0.248. The van der Waals surface area contributed by atoms with E-state index in [9.17, 15) is 0 Å². The predicted molar refractivity (Wildman–Crippen MR) is 105 cm³/mol.